The van der Waals surface area contributed by atoms with Gasteiger partial charge >= 0.3 is 6.36 Å². The molecule has 0 aliphatic heterocycles. The van der Waals surface area contributed by atoms with Crippen LogP contribution in [0.15, 0.2) is 47.3 Å². The maximum absolute atomic E-state index is 12.3. The monoisotopic (exact) mass is 562 g/mol. The molecule has 3 aromatic heterocycles. The van der Waals surface area contributed by atoms with E-state index in [1.54, 1.807) is 17.1 Å². The van der Waals surface area contributed by atoms with Gasteiger partial charge in [-0.1, -0.05) is 6.07 Å². The first-order valence-corrected chi connectivity index (χ1v) is 12.3. The molecule has 2 atom stereocenters. The second kappa shape index (κ2) is 10.1. The summed E-state index contributed by atoms with van der Waals surface area (Å²) in [5.41, 5.74) is 2.41. The number of benzene rings is 1. The number of carbonyl (C=O) groups excluding carboxylic acids is 1. The van der Waals surface area contributed by atoms with Crippen molar-refractivity contribution in [3.8, 4) is 5.69 Å². The van der Waals surface area contributed by atoms with Gasteiger partial charge in [0, 0.05) is 36.7 Å². The number of aromatic nitrogens is 5. The second-order valence-electron chi connectivity index (χ2n) is 8.77. The Labute approximate surface area is 212 Å². The number of hydrogen-bond donors (Lipinski definition) is 1. The molecular formula is C24H22BrF3N6O2. The lowest BCUT2D eigenvalue weighted by Crippen LogP contribution is -2.33. The van der Waals surface area contributed by atoms with Gasteiger partial charge in [-0.15, -0.1) is 13.2 Å². The molecule has 1 aliphatic carbocycles. The topological polar surface area (TPSA) is 94.8 Å². The molecule has 1 aliphatic rings. The summed E-state index contributed by atoms with van der Waals surface area (Å²) < 4.78 is 42.3. The van der Waals surface area contributed by atoms with E-state index in [0.29, 0.717) is 35.3 Å². The number of amides is 1. The molecule has 0 saturated heterocycles. The molecule has 0 spiro atoms. The maximum Gasteiger partial charge on any atom is 0.522 e. The van der Waals surface area contributed by atoms with Crippen molar-refractivity contribution in [3.05, 3.63) is 53.2 Å². The number of halogens is 4. The van der Waals surface area contributed by atoms with Crippen LogP contribution >= 0.6 is 15.9 Å². The average Bonchev–Trinajstić information content (AvgIpc) is 3.45. The number of ether oxygens (including phenoxy) is 1. The van der Waals surface area contributed by atoms with Crippen molar-refractivity contribution >= 4 is 43.8 Å². The first kappa shape index (κ1) is 24.6. The first-order valence-electron chi connectivity index (χ1n) is 11.5. The van der Waals surface area contributed by atoms with Crippen LogP contribution in [0.3, 0.4) is 0 Å². The lowest BCUT2D eigenvalue weighted by molar-refractivity contribution is -0.323. The lowest BCUT2D eigenvalue weighted by atomic mass is 10.0. The van der Waals surface area contributed by atoms with Gasteiger partial charge in [-0.25, -0.2) is 14.6 Å². The van der Waals surface area contributed by atoms with E-state index < -0.39 is 13.0 Å². The minimum atomic E-state index is -4.69. The Morgan fingerprint density at radius 2 is 2.08 bits per heavy atom. The van der Waals surface area contributed by atoms with Gasteiger partial charge in [-0.3, -0.25) is 14.5 Å². The SMILES string of the molecule is O=C(NCCOC(F)(F)F)[C@@H]1CC[C@@H](Cc2ncc3c(Br)nn(-c4ccc5ncccc5c4)c3n2)C1. The zero-order valence-corrected chi connectivity index (χ0v) is 20.6. The minimum Gasteiger partial charge on any atom is -0.354 e. The number of alkyl halides is 3. The Hall–Kier alpha value is -3.12. The Bertz CT molecular complexity index is 1410. The summed E-state index contributed by atoms with van der Waals surface area (Å²) in [5.74, 6) is 0.377. The zero-order valence-electron chi connectivity index (χ0n) is 19.0. The Balaban J connectivity index is 1.27. The van der Waals surface area contributed by atoms with E-state index in [9.17, 15) is 18.0 Å². The standard InChI is InChI=1S/C24H22BrF3N6O2/c25-21-18-13-31-20(11-14-3-4-16(10-14)23(35)30-8-9-36-24(26,27)28)32-22(18)34(33-21)17-5-6-19-15(12-17)2-1-7-29-19/h1-2,5-7,12-14,16H,3-4,8-11H2,(H,30,35)/t14-,16-/m1/s1. The fraction of sp³-hybridized carbons (Fsp3) is 0.375. The van der Waals surface area contributed by atoms with Crippen molar-refractivity contribution in [1.82, 2.24) is 30.0 Å². The van der Waals surface area contributed by atoms with Crippen LogP contribution in [0.2, 0.25) is 0 Å². The third-order valence-electron chi connectivity index (χ3n) is 6.31. The minimum absolute atomic E-state index is 0.178. The predicted octanol–water partition coefficient (Wildman–Crippen LogP) is 4.74. The molecule has 1 aromatic carbocycles. The van der Waals surface area contributed by atoms with Crippen molar-refractivity contribution in [2.45, 2.75) is 32.0 Å². The fourth-order valence-corrected chi connectivity index (χ4v) is 5.06. The summed E-state index contributed by atoms with van der Waals surface area (Å²) >= 11 is 3.50. The summed E-state index contributed by atoms with van der Waals surface area (Å²) in [4.78, 5) is 26.0. The van der Waals surface area contributed by atoms with E-state index in [0.717, 1.165) is 28.4 Å². The van der Waals surface area contributed by atoms with E-state index in [1.165, 1.54) is 0 Å². The molecule has 0 bridgehead atoms. The lowest BCUT2D eigenvalue weighted by Gasteiger charge is -2.12. The highest BCUT2D eigenvalue weighted by Gasteiger charge is 2.31. The van der Waals surface area contributed by atoms with Gasteiger partial charge in [0.2, 0.25) is 5.91 Å². The highest BCUT2D eigenvalue weighted by atomic mass is 79.9. The van der Waals surface area contributed by atoms with Crippen molar-refractivity contribution in [2.75, 3.05) is 13.2 Å². The number of fused-ring (bicyclic) bond motifs is 2. The van der Waals surface area contributed by atoms with E-state index in [1.807, 2.05) is 30.3 Å². The Kier molecular flexibility index (Phi) is 6.89. The van der Waals surface area contributed by atoms with Crippen molar-refractivity contribution in [2.24, 2.45) is 11.8 Å². The predicted molar refractivity (Wildman–Crippen MR) is 129 cm³/mol. The molecule has 8 nitrogen and oxygen atoms in total. The van der Waals surface area contributed by atoms with Crippen LogP contribution in [0.5, 0.6) is 0 Å². The van der Waals surface area contributed by atoms with Gasteiger partial charge in [0.05, 0.1) is 23.2 Å². The van der Waals surface area contributed by atoms with Gasteiger partial charge < -0.3 is 5.32 Å². The number of rotatable bonds is 7. The molecule has 0 radical (unpaired) electrons. The summed E-state index contributed by atoms with van der Waals surface area (Å²) in [6.07, 6.45) is 1.53. The molecule has 5 rings (SSSR count). The van der Waals surface area contributed by atoms with Crippen LogP contribution in [-0.2, 0) is 16.0 Å². The van der Waals surface area contributed by atoms with Crippen molar-refractivity contribution in [1.29, 1.82) is 0 Å². The van der Waals surface area contributed by atoms with E-state index >= 15 is 0 Å². The fourth-order valence-electron chi connectivity index (χ4n) is 4.62. The van der Waals surface area contributed by atoms with Crippen molar-refractivity contribution in [3.63, 3.8) is 0 Å². The molecule has 36 heavy (non-hydrogen) atoms. The normalized spacial score (nSPS) is 18.2. The molecule has 1 saturated carbocycles. The summed E-state index contributed by atoms with van der Waals surface area (Å²) in [6.45, 7) is -0.779. The average molecular weight is 563 g/mol. The molecule has 3 heterocycles. The summed E-state index contributed by atoms with van der Waals surface area (Å²) in [5, 5.41) is 8.91. The molecule has 188 valence electrons. The number of carbonyl (C=O) groups is 1. The van der Waals surface area contributed by atoms with Crippen LogP contribution in [0, 0.1) is 11.8 Å². The highest BCUT2D eigenvalue weighted by molar-refractivity contribution is 9.10. The molecule has 1 fully saturated rings. The Morgan fingerprint density at radius 3 is 2.92 bits per heavy atom. The molecule has 4 aromatic rings. The van der Waals surface area contributed by atoms with Crippen LogP contribution in [0.4, 0.5) is 13.2 Å². The van der Waals surface area contributed by atoms with E-state index in [4.69, 9.17) is 4.98 Å². The third kappa shape index (κ3) is 5.49. The van der Waals surface area contributed by atoms with Crippen LogP contribution in [-0.4, -0.2) is 50.2 Å². The van der Waals surface area contributed by atoms with Crippen LogP contribution in [0.1, 0.15) is 25.1 Å². The summed E-state index contributed by atoms with van der Waals surface area (Å²) in [7, 11) is 0. The maximum atomic E-state index is 12.3. The smallest absolute Gasteiger partial charge is 0.354 e. The number of nitrogens with one attached hydrogen (secondary N) is 1. The molecule has 1 N–H and O–H groups in total. The molecule has 12 heteroatoms. The van der Waals surface area contributed by atoms with Gasteiger partial charge in [0.25, 0.3) is 0 Å². The first-order chi connectivity index (χ1) is 17.3. The quantitative estimate of drug-likeness (QED) is 0.327. The summed E-state index contributed by atoms with van der Waals surface area (Å²) in [6, 6.07) is 9.75. The highest BCUT2D eigenvalue weighted by Crippen LogP contribution is 2.33. The van der Waals surface area contributed by atoms with Crippen LogP contribution < -0.4 is 5.32 Å². The van der Waals surface area contributed by atoms with Crippen molar-refractivity contribution < 1.29 is 22.7 Å². The Morgan fingerprint density at radius 1 is 1.22 bits per heavy atom. The molecule has 1 amide bonds. The van der Waals surface area contributed by atoms with E-state index in [2.05, 4.69) is 41.1 Å². The second-order valence-corrected chi connectivity index (χ2v) is 9.52. The zero-order chi connectivity index (χ0) is 25.3. The third-order valence-corrected chi connectivity index (χ3v) is 6.90. The number of hydrogen-bond acceptors (Lipinski definition) is 6. The molecule has 0 unspecified atom stereocenters. The van der Waals surface area contributed by atoms with Crippen LogP contribution in [0.25, 0.3) is 27.6 Å². The van der Waals surface area contributed by atoms with Gasteiger partial charge in [-0.05, 0) is 65.4 Å². The molecular weight excluding hydrogens is 541 g/mol. The number of nitrogens with zero attached hydrogens (tertiary/aromatic N) is 5. The van der Waals surface area contributed by atoms with E-state index in [-0.39, 0.29) is 24.3 Å². The van der Waals surface area contributed by atoms with Gasteiger partial charge in [-0.2, -0.15) is 5.10 Å². The van der Waals surface area contributed by atoms with Gasteiger partial charge in [0.1, 0.15) is 10.4 Å². The largest absolute Gasteiger partial charge is 0.522 e. The van der Waals surface area contributed by atoms with Gasteiger partial charge in [0.15, 0.2) is 5.65 Å². The number of pyridine rings is 1.